The summed E-state index contributed by atoms with van der Waals surface area (Å²) in [7, 11) is 0. The fourth-order valence-electron chi connectivity index (χ4n) is 8.06. The molecule has 3 aromatic carbocycles. The fraction of sp³-hybridized carbons (Fsp3) is 0.500. The molecule has 1 amide bonds. The van der Waals surface area contributed by atoms with Crippen molar-refractivity contribution in [3.63, 3.8) is 0 Å². The largest absolute Gasteiger partial charge is 0.489 e. The number of rotatable bonds is 9. The summed E-state index contributed by atoms with van der Waals surface area (Å²) in [5.41, 5.74) is 4.69. The Bertz CT molecular complexity index is 1560. The average Bonchev–Trinajstić information content (AvgIpc) is 3.71. The Labute approximate surface area is 262 Å². The van der Waals surface area contributed by atoms with Crippen LogP contribution in [0.3, 0.4) is 0 Å². The molecule has 1 unspecified atom stereocenters. The number of hydrogen-bond donors (Lipinski definition) is 1. The summed E-state index contributed by atoms with van der Waals surface area (Å²) in [4.78, 5) is 18.1. The second-order valence-corrected chi connectivity index (χ2v) is 13.4. The second-order valence-electron chi connectivity index (χ2n) is 13.4. The molecule has 4 aromatic rings. The molecule has 1 aromatic heterocycles. The maximum absolute atomic E-state index is 12.9. The van der Waals surface area contributed by atoms with Crippen molar-refractivity contribution in [2.24, 2.45) is 5.92 Å². The molecule has 0 bridgehead atoms. The zero-order valence-electron chi connectivity index (χ0n) is 26.3. The first-order valence-corrected chi connectivity index (χ1v) is 17.2. The van der Waals surface area contributed by atoms with E-state index in [1.807, 2.05) is 24.3 Å². The van der Waals surface area contributed by atoms with Gasteiger partial charge in [-0.1, -0.05) is 37.1 Å². The molecule has 0 radical (unpaired) electrons. The van der Waals surface area contributed by atoms with Gasteiger partial charge in [-0.3, -0.25) is 9.69 Å². The van der Waals surface area contributed by atoms with Crippen LogP contribution in [0.15, 0.2) is 66.7 Å². The van der Waals surface area contributed by atoms with Crippen LogP contribution in [0.5, 0.6) is 5.75 Å². The highest BCUT2D eigenvalue weighted by Gasteiger charge is 2.27. The van der Waals surface area contributed by atoms with E-state index >= 15 is 0 Å². The van der Waals surface area contributed by atoms with Gasteiger partial charge in [0.05, 0.1) is 0 Å². The van der Waals surface area contributed by atoms with Gasteiger partial charge in [-0.05, 0) is 119 Å². The minimum Gasteiger partial charge on any atom is -0.489 e. The number of fused-ring (bicyclic) bond motifs is 3. The summed E-state index contributed by atoms with van der Waals surface area (Å²) in [6, 6.07) is 24.3. The summed E-state index contributed by atoms with van der Waals surface area (Å²) >= 11 is 0. The van der Waals surface area contributed by atoms with Gasteiger partial charge in [0.2, 0.25) is 0 Å². The zero-order valence-corrected chi connectivity index (χ0v) is 26.3. The van der Waals surface area contributed by atoms with E-state index in [-0.39, 0.29) is 12.0 Å². The smallest absolute Gasteiger partial charge is 0.251 e. The quantitative estimate of drug-likeness (QED) is 0.223. The Morgan fingerprint density at radius 3 is 2.41 bits per heavy atom. The number of aromatic nitrogens is 1. The van der Waals surface area contributed by atoms with Crippen molar-refractivity contribution in [3.8, 4) is 5.75 Å². The first-order chi connectivity index (χ1) is 21.6. The highest BCUT2D eigenvalue weighted by molar-refractivity contribution is 6.08. The minimum absolute atomic E-state index is 0.0256. The molecular weight excluding hydrogens is 544 g/mol. The number of piperidine rings is 2. The standard InChI is InChI=1S/C38H48N4O2/c1-2-42-36-12-6-5-11-34(36)35-24-29(13-18-37(35)42)26-40-21-7-10-33(27-40)44-32-16-14-30(15-17-32)38(43)39-25-28-19-22-41(23-20-28)31-8-3-4-9-31/h5-6,11-18,24,28,31,33H,2-4,7-10,19-23,25-27H2,1H3,(H,39,43). The number of para-hydroxylation sites is 1. The third kappa shape index (κ3) is 6.38. The Morgan fingerprint density at radius 1 is 0.841 bits per heavy atom. The van der Waals surface area contributed by atoms with Crippen LogP contribution >= 0.6 is 0 Å². The van der Waals surface area contributed by atoms with Gasteiger partial charge in [-0.25, -0.2) is 0 Å². The average molecular weight is 593 g/mol. The molecule has 3 aliphatic rings. The third-order valence-electron chi connectivity index (χ3n) is 10.5. The van der Waals surface area contributed by atoms with Gasteiger partial charge in [0.15, 0.2) is 0 Å². The highest BCUT2D eigenvalue weighted by Crippen LogP contribution is 2.31. The summed E-state index contributed by atoms with van der Waals surface area (Å²) in [5, 5.41) is 5.88. The van der Waals surface area contributed by atoms with E-state index in [1.54, 1.807) is 0 Å². The number of likely N-dealkylation sites (tertiary alicyclic amines) is 2. The number of nitrogens with one attached hydrogen (secondary N) is 1. The van der Waals surface area contributed by atoms with Gasteiger partial charge >= 0.3 is 0 Å². The molecule has 1 saturated carbocycles. The van der Waals surface area contributed by atoms with Crippen LogP contribution in [0.1, 0.15) is 74.2 Å². The van der Waals surface area contributed by atoms with Gasteiger partial charge in [-0.2, -0.15) is 0 Å². The van der Waals surface area contributed by atoms with Crippen LogP contribution in [0.25, 0.3) is 21.8 Å². The first kappa shape index (κ1) is 29.4. The van der Waals surface area contributed by atoms with Crippen molar-refractivity contribution in [2.75, 3.05) is 32.7 Å². The lowest BCUT2D eigenvalue weighted by Crippen LogP contribution is -2.42. The van der Waals surface area contributed by atoms with Crippen molar-refractivity contribution in [3.05, 3.63) is 77.9 Å². The molecule has 232 valence electrons. The van der Waals surface area contributed by atoms with Gasteiger partial charge in [0.25, 0.3) is 5.91 Å². The third-order valence-corrected chi connectivity index (χ3v) is 10.5. The predicted octanol–water partition coefficient (Wildman–Crippen LogP) is 7.24. The molecule has 44 heavy (non-hydrogen) atoms. The van der Waals surface area contributed by atoms with E-state index in [9.17, 15) is 4.79 Å². The molecular formula is C38H48N4O2. The number of nitrogens with zero attached hydrogens (tertiary/aromatic N) is 3. The molecule has 6 heteroatoms. The number of benzene rings is 3. The van der Waals surface area contributed by atoms with Gasteiger partial charge in [0, 0.05) is 59.6 Å². The molecule has 3 heterocycles. The number of carbonyl (C=O) groups is 1. The van der Waals surface area contributed by atoms with Crippen LogP contribution in [0.4, 0.5) is 0 Å². The summed E-state index contributed by atoms with van der Waals surface area (Å²) in [6.07, 6.45) is 10.3. The van der Waals surface area contributed by atoms with Crippen LogP contribution in [0, 0.1) is 5.92 Å². The molecule has 6 nitrogen and oxygen atoms in total. The number of amides is 1. The SMILES string of the molecule is CCn1c2ccccc2c2cc(CN3CCCC(Oc4ccc(C(=O)NCC5CCN(C6CCCC6)CC5)cc4)C3)ccc21. The van der Waals surface area contributed by atoms with Crippen molar-refractivity contribution in [1.82, 2.24) is 19.7 Å². The van der Waals surface area contributed by atoms with E-state index in [0.717, 1.165) is 57.4 Å². The van der Waals surface area contributed by atoms with Crippen LogP contribution in [0.2, 0.25) is 0 Å². The number of carbonyl (C=O) groups excluding carboxylic acids is 1. The molecule has 1 aliphatic carbocycles. The van der Waals surface area contributed by atoms with Crippen LogP contribution in [-0.4, -0.2) is 65.1 Å². The normalized spacial score (nSPS) is 20.9. The van der Waals surface area contributed by atoms with Gasteiger partial charge < -0.3 is 19.5 Å². The minimum atomic E-state index is 0.0256. The molecule has 1 atom stereocenters. The Kier molecular flexibility index (Phi) is 8.90. The summed E-state index contributed by atoms with van der Waals surface area (Å²) < 4.78 is 8.84. The van der Waals surface area contributed by atoms with Crippen molar-refractivity contribution < 1.29 is 9.53 Å². The molecule has 3 fully saturated rings. The van der Waals surface area contributed by atoms with Crippen molar-refractivity contribution >= 4 is 27.7 Å². The lowest BCUT2D eigenvalue weighted by atomic mass is 9.95. The van der Waals surface area contributed by atoms with E-state index < -0.39 is 0 Å². The van der Waals surface area contributed by atoms with E-state index in [0.29, 0.717) is 11.5 Å². The summed E-state index contributed by atoms with van der Waals surface area (Å²) in [6.45, 7) is 9.28. The molecule has 2 aliphatic heterocycles. The second kappa shape index (κ2) is 13.3. The van der Waals surface area contributed by atoms with Crippen LogP contribution in [-0.2, 0) is 13.1 Å². The Hall–Kier alpha value is -3.35. The van der Waals surface area contributed by atoms with Crippen LogP contribution < -0.4 is 10.1 Å². The number of hydrogen-bond acceptors (Lipinski definition) is 4. The Balaban J connectivity index is 0.900. The van der Waals surface area contributed by atoms with Crippen molar-refractivity contribution in [1.29, 1.82) is 0 Å². The molecule has 1 N–H and O–H groups in total. The van der Waals surface area contributed by atoms with Crippen molar-refractivity contribution in [2.45, 2.75) is 83.5 Å². The summed E-state index contributed by atoms with van der Waals surface area (Å²) in [5.74, 6) is 1.46. The maximum atomic E-state index is 12.9. The number of aryl methyl sites for hydroxylation is 1. The molecule has 0 spiro atoms. The molecule has 2 saturated heterocycles. The highest BCUT2D eigenvalue weighted by atomic mass is 16.5. The number of ether oxygens (including phenoxy) is 1. The first-order valence-electron chi connectivity index (χ1n) is 17.2. The van der Waals surface area contributed by atoms with E-state index in [1.165, 1.54) is 79.0 Å². The lowest BCUT2D eigenvalue weighted by molar-refractivity contribution is 0.0843. The topological polar surface area (TPSA) is 49.7 Å². The van der Waals surface area contributed by atoms with E-state index in [2.05, 4.69) is 69.1 Å². The lowest BCUT2D eigenvalue weighted by Gasteiger charge is -2.36. The van der Waals surface area contributed by atoms with E-state index in [4.69, 9.17) is 4.74 Å². The maximum Gasteiger partial charge on any atom is 0.251 e. The Morgan fingerprint density at radius 2 is 1.61 bits per heavy atom. The monoisotopic (exact) mass is 592 g/mol. The van der Waals surface area contributed by atoms with Gasteiger partial charge in [-0.15, -0.1) is 0 Å². The zero-order chi connectivity index (χ0) is 29.9. The predicted molar refractivity (Wildman–Crippen MR) is 179 cm³/mol. The molecule has 7 rings (SSSR count). The van der Waals surface area contributed by atoms with Gasteiger partial charge in [0.1, 0.15) is 11.9 Å². The fourth-order valence-corrected chi connectivity index (χ4v) is 8.06.